The van der Waals surface area contributed by atoms with Crippen LogP contribution in [0.15, 0.2) is 5.38 Å². The molecule has 1 fully saturated rings. The van der Waals surface area contributed by atoms with Crippen molar-refractivity contribution >= 4 is 23.3 Å². The molecule has 7 heteroatoms. The summed E-state index contributed by atoms with van der Waals surface area (Å²) in [5, 5.41) is 16.7. The Morgan fingerprint density at radius 1 is 1.42 bits per heavy atom. The Morgan fingerprint density at radius 2 is 2.21 bits per heavy atom. The molecule has 0 radical (unpaired) electrons. The Hall–Kier alpha value is -1.63. The van der Waals surface area contributed by atoms with E-state index in [0.29, 0.717) is 25.4 Å². The minimum Gasteiger partial charge on any atom is -0.481 e. The van der Waals surface area contributed by atoms with E-state index in [1.807, 2.05) is 0 Å². The molecule has 0 atom stereocenters. The van der Waals surface area contributed by atoms with Crippen molar-refractivity contribution in [2.24, 2.45) is 0 Å². The van der Waals surface area contributed by atoms with Crippen molar-refractivity contribution in [3.63, 3.8) is 0 Å². The second-order valence-electron chi connectivity index (χ2n) is 4.55. The van der Waals surface area contributed by atoms with E-state index in [0.717, 1.165) is 10.7 Å². The topological polar surface area (TPSA) is 91.3 Å². The molecule has 1 heterocycles. The van der Waals surface area contributed by atoms with Crippen molar-refractivity contribution in [2.75, 3.05) is 6.54 Å². The SMILES string of the molecule is O=C(O)CCCNC(=O)NCc1nc(C2CC2)cs1. The number of thiazole rings is 1. The number of carbonyl (C=O) groups is 2. The van der Waals surface area contributed by atoms with Gasteiger partial charge >= 0.3 is 12.0 Å². The molecule has 0 spiro atoms. The van der Waals surface area contributed by atoms with Crippen LogP contribution in [-0.4, -0.2) is 28.6 Å². The molecule has 1 aliphatic rings. The maximum absolute atomic E-state index is 11.4. The van der Waals surface area contributed by atoms with Gasteiger partial charge in [-0.1, -0.05) is 0 Å². The summed E-state index contributed by atoms with van der Waals surface area (Å²) in [5.41, 5.74) is 1.14. The number of hydrogen-bond acceptors (Lipinski definition) is 4. The van der Waals surface area contributed by atoms with E-state index in [2.05, 4.69) is 21.0 Å². The van der Waals surface area contributed by atoms with Gasteiger partial charge in [0.1, 0.15) is 5.01 Å². The predicted octanol–water partition coefficient (Wildman–Crippen LogP) is 1.68. The molecule has 1 aliphatic carbocycles. The fourth-order valence-corrected chi connectivity index (χ4v) is 2.45. The Bertz CT molecular complexity index is 457. The number of nitrogens with one attached hydrogen (secondary N) is 2. The monoisotopic (exact) mass is 283 g/mol. The molecule has 0 unspecified atom stereocenters. The van der Waals surface area contributed by atoms with Crippen LogP contribution in [0, 0.1) is 0 Å². The molecule has 0 aromatic carbocycles. The molecule has 1 saturated carbocycles. The summed E-state index contributed by atoms with van der Waals surface area (Å²) in [7, 11) is 0. The molecule has 0 saturated heterocycles. The quantitative estimate of drug-likeness (QED) is 0.664. The van der Waals surface area contributed by atoms with Crippen molar-refractivity contribution in [2.45, 2.75) is 38.1 Å². The molecule has 2 rings (SSSR count). The van der Waals surface area contributed by atoms with Crippen molar-refractivity contribution in [1.29, 1.82) is 0 Å². The first-order chi connectivity index (χ1) is 9.15. The van der Waals surface area contributed by atoms with E-state index in [1.54, 1.807) is 11.3 Å². The number of urea groups is 1. The number of carboxylic acids is 1. The zero-order valence-corrected chi connectivity index (χ0v) is 11.3. The number of carboxylic acid groups (broad SMARTS) is 1. The number of carbonyl (C=O) groups excluding carboxylic acids is 1. The summed E-state index contributed by atoms with van der Waals surface area (Å²) in [6, 6.07) is -0.284. The van der Waals surface area contributed by atoms with Crippen molar-refractivity contribution in [1.82, 2.24) is 15.6 Å². The highest BCUT2D eigenvalue weighted by Crippen LogP contribution is 2.40. The second-order valence-corrected chi connectivity index (χ2v) is 5.49. The summed E-state index contributed by atoms with van der Waals surface area (Å²) in [5.74, 6) is -0.215. The maximum Gasteiger partial charge on any atom is 0.315 e. The van der Waals surface area contributed by atoms with E-state index in [9.17, 15) is 9.59 Å². The van der Waals surface area contributed by atoms with Crippen LogP contribution in [0.2, 0.25) is 0 Å². The number of rotatable bonds is 7. The smallest absolute Gasteiger partial charge is 0.315 e. The third-order valence-corrected chi connectivity index (χ3v) is 3.69. The average molecular weight is 283 g/mol. The minimum absolute atomic E-state index is 0.0670. The van der Waals surface area contributed by atoms with E-state index in [1.165, 1.54) is 12.8 Å². The minimum atomic E-state index is -0.849. The van der Waals surface area contributed by atoms with Gasteiger partial charge in [-0.3, -0.25) is 4.79 Å². The van der Waals surface area contributed by atoms with Gasteiger partial charge in [0.05, 0.1) is 12.2 Å². The summed E-state index contributed by atoms with van der Waals surface area (Å²) < 4.78 is 0. The van der Waals surface area contributed by atoms with Gasteiger partial charge < -0.3 is 15.7 Å². The molecule has 6 nitrogen and oxygen atoms in total. The number of amides is 2. The Balaban J connectivity index is 1.61. The molecule has 104 valence electrons. The van der Waals surface area contributed by atoms with Gasteiger partial charge in [-0.15, -0.1) is 11.3 Å². The number of hydrogen-bond donors (Lipinski definition) is 3. The lowest BCUT2D eigenvalue weighted by Crippen LogP contribution is -2.35. The number of aliphatic carboxylic acids is 1. The summed E-state index contributed by atoms with van der Waals surface area (Å²) >= 11 is 1.56. The molecule has 1 aromatic heterocycles. The molecule has 0 aliphatic heterocycles. The van der Waals surface area contributed by atoms with Crippen LogP contribution >= 0.6 is 11.3 Å². The van der Waals surface area contributed by atoms with E-state index >= 15 is 0 Å². The first-order valence-electron chi connectivity index (χ1n) is 6.33. The molecule has 1 aromatic rings. The van der Waals surface area contributed by atoms with Crippen molar-refractivity contribution < 1.29 is 14.7 Å². The Labute approximate surface area is 115 Å². The van der Waals surface area contributed by atoms with Gasteiger partial charge in [0.25, 0.3) is 0 Å². The average Bonchev–Trinajstić information content (AvgIpc) is 3.11. The lowest BCUT2D eigenvalue weighted by atomic mass is 10.3. The van der Waals surface area contributed by atoms with Crippen LogP contribution < -0.4 is 10.6 Å². The van der Waals surface area contributed by atoms with Crippen LogP contribution in [0.1, 0.15) is 42.3 Å². The molecule has 19 heavy (non-hydrogen) atoms. The highest BCUT2D eigenvalue weighted by molar-refractivity contribution is 7.09. The largest absolute Gasteiger partial charge is 0.481 e. The van der Waals surface area contributed by atoms with Crippen LogP contribution in [-0.2, 0) is 11.3 Å². The van der Waals surface area contributed by atoms with Gasteiger partial charge in [0.15, 0.2) is 0 Å². The first kappa shape index (κ1) is 13.8. The fourth-order valence-electron chi connectivity index (χ4n) is 1.63. The standard InChI is InChI=1S/C12H17N3O3S/c16-11(17)2-1-5-13-12(18)14-6-10-15-9(7-19-10)8-3-4-8/h7-8H,1-6H2,(H,16,17)(H2,13,14,18). The second kappa shape index (κ2) is 6.51. The van der Waals surface area contributed by atoms with Gasteiger partial charge in [-0.2, -0.15) is 0 Å². The molecular formula is C12H17N3O3S. The van der Waals surface area contributed by atoms with Crippen LogP contribution in [0.25, 0.3) is 0 Å². The predicted molar refractivity (Wildman–Crippen MR) is 71.2 cm³/mol. The number of nitrogens with zero attached hydrogens (tertiary/aromatic N) is 1. The summed E-state index contributed by atoms with van der Waals surface area (Å²) in [6.07, 6.45) is 2.95. The molecule has 0 bridgehead atoms. The van der Waals surface area contributed by atoms with Crippen LogP contribution in [0.3, 0.4) is 0 Å². The summed E-state index contributed by atoms with van der Waals surface area (Å²) in [6.45, 7) is 0.783. The van der Waals surface area contributed by atoms with E-state index in [4.69, 9.17) is 5.11 Å². The Kier molecular flexibility index (Phi) is 4.73. The molecular weight excluding hydrogens is 266 g/mol. The Morgan fingerprint density at radius 3 is 2.89 bits per heavy atom. The summed E-state index contributed by atoms with van der Waals surface area (Å²) in [4.78, 5) is 26.2. The highest BCUT2D eigenvalue weighted by Gasteiger charge is 2.25. The van der Waals surface area contributed by atoms with Crippen molar-refractivity contribution in [3.8, 4) is 0 Å². The van der Waals surface area contributed by atoms with Gasteiger partial charge in [-0.25, -0.2) is 9.78 Å². The lowest BCUT2D eigenvalue weighted by molar-refractivity contribution is -0.137. The molecule has 3 N–H and O–H groups in total. The van der Waals surface area contributed by atoms with Crippen molar-refractivity contribution in [3.05, 3.63) is 16.1 Å². The third kappa shape index (κ3) is 4.86. The maximum atomic E-state index is 11.4. The third-order valence-electron chi connectivity index (χ3n) is 2.82. The van der Waals surface area contributed by atoms with E-state index in [-0.39, 0.29) is 12.5 Å². The fraction of sp³-hybridized carbons (Fsp3) is 0.583. The van der Waals surface area contributed by atoms with Crippen LogP contribution in [0.4, 0.5) is 4.79 Å². The number of aromatic nitrogens is 1. The van der Waals surface area contributed by atoms with Gasteiger partial charge in [0.2, 0.25) is 0 Å². The van der Waals surface area contributed by atoms with E-state index < -0.39 is 5.97 Å². The lowest BCUT2D eigenvalue weighted by Gasteiger charge is -2.05. The van der Waals surface area contributed by atoms with Gasteiger partial charge in [-0.05, 0) is 19.3 Å². The zero-order chi connectivity index (χ0) is 13.7. The zero-order valence-electron chi connectivity index (χ0n) is 10.5. The normalized spacial score (nSPS) is 14.1. The molecule has 2 amide bonds. The van der Waals surface area contributed by atoms with Crippen LogP contribution in [0.5, 0.6) is 0 Å². The highest BCUT2D eigenvalue weighted by atomic mass is 32.1. The first-order valence-corrected chi connectivity index (χ1v) is 7.21. The van der Waals surface area contributed by atoms with Gasteiger partial charge in [0, 0.05) is 24.3 Å².